The Kier molecular flexibility index (Phi) is 4.44. The minimum absolute atomic E-state index is 0.00294. The maximum atomic E-state index is 12.2. The van der Waals surface area contributed by atoms with Crippen LogP contribution in [0.25, 0.3) is 0 Å². The van der Waals surface area contributed by atoms with Crippen LogP contribution in [-0.4, -0.2) is 19.3 Å². The average Bonchev–Trinajstić information content (AvgIpc) is 2.38. The number of nitrogens with one attached hydrogen (secondary N) is 2. The number of nitrogens with zero attached hydrogens (tertiary/aromatic N) is 1. The minimum Gasteiger partial charge on any atom is -0.326 e. The maximum absolute atomic E-state index is 12.2. The van der Waals surface area contributed by atoms with Crippen molar-refractivity contribution in [2.45, 2.75) is 11.8 Å². The lowest BCUT2D eigenvalue weighted by atomic mass is 10.3. The minimum atomic E-state index is -3.76. The lowest BCUT2D eigenvalue weighted by molar-refractivity contribution is -0.114. The molecule has 1 heterocycles. The molecule has 0 bridgehead atoms. The summed E-state index contributed by atoms with van der Waals surface area (Å²) < 4.78 is 26.7. The van der Waals surface area contributed by atoms with E-state index in [4.69, 9.17) is 11.6 Å². The third-order valence-corrected chi connectivity index (χ3v) is 4.04. The lowest BCUT2D eigenvalue weighted by Crippen LogP contribution is -2.13. The quantitative estimate of drug-likeness (QED) is 0.845. The second-order valence-electron chi connectivity index (χ2n) is 4.18. The molecule has 110 valence electrons. The SMILES string of the molecule is CC(=O)Nc1cccc(NS(=O)(=O)c2ccc(Cl)nc2)c1. The average molecular weight is 326 g/mol. The zero-order valence-corrected chi connectivity index (χ0v) is 12.6. The summed E-state index contributed by atoms with van der Waals surface area (Å²) in [7, 11) is -3.76. The Morgan fingerprint density at radius 3 is 2.52 bits per heavy atom. The zero-order chi connectivity index (χ0) is 15.5. The molecule has 8 heteroatoms. The molecule has 0 radical (unpaired) electrons. The van der Waals surface area contributed by atoms with E-state index >= 15 is 0 Å². The summed E-state index contributed by atoms with van der Waals surface area (Å²) in [6.07, 6.45) is 1.17. The van der Waals surface area contributed by atoms with E-state index in [1.165, 1.54) is 31.3 Å². The molecule has 1 amide bonds. The van der Waals surface area contributed by atoms with Crippen molar-refractivity contribution in [3.05, 3.63) is 47.7 Å². The summed E-state index contributed by atoms with van der Waals surface area (Å²) in [5, 5.41) is 2.78. The monoisotopic (exact) mass is 325 g/mol. The molecule has 21 heavy (non-hydrogen) atoms. The normalized spacial score (nSPS) is 11.0. The Morgan fingerprint density at radius 1 is 1.19 bits per heavy atom. The number of hydrogen-bond donors (Lipinski definition) is 2. The van der Waals surface area contributed by atoms with Crippen LogP contribution in [0.15, 0.2) is 47.5 Å². The molecular formula is C13H12ClN3O3S. The molecule has 0 saturated heterocycles. The largest absolute Gasteiger partial charge is 0.326 e. The number of halogens is 1. The second kappa shape index (κ2) is 6.11. The molecule has 0 fully saturated rings. The summed E-state index contributed by atoms with van der Waals surface area (Å²) in [5.41, 5.74) is 0.827. The summed E-state index contributed by atoms with van der Waals surface area (Å²) in [6, 6.07) is 9.12. The Balaban J connectivity index is 2.24. The standard InChI is InChI=1S/C13H12ClN3O3S/c1-9(18)16-10-3-2-4-11(7-10)17-21(19,20)12-5-6-13(14)15-8-12/h2-8,17H,1H3,(H,16,18). The van der Waals surface area contributed by atoms with Crippen molar-refractivity contribution in [3.63, 3.8) is 0 Å². The van der Waals surface area contributed by atoms with Gasteiger partial charge in [0.1, 0.15) is 10.0 Å². The van der Waals surface area contributed by atoms with Crippen LogP contribution in [0, 0.1) is 0 Å². The number of hydrogen-bond acceptors (Lipinski definition) is 4. The Bertz CT molecular complexity index is 760. The zero-order valence-electron chi connectivity index (χ0n) is 11.0. The number of carbonyl (C=O) groups is 1. The molecule has 0 aliphatic heterocycles. The highest BCUT2D eigenvalue weighted by molar-refractivity contribution is 7.92. The molecule has 0 saturated carbocycles. The molecule has 6 nitrogen and oxygen atoms in total. The van der Waals surface area contributed by atoms with E-state index in [9.17, 15) is 13.2 Å². The van der Waals surface area contributed by atoms with Crippen molar-refractivity contribution in [2.75, 3.05) is 10.0 Å². The number of benzene rings is 1. The van der Waals surface area contributed by atoms with Gasteiger partial charge in [0.25, 0.3) is 10.0 Å². The molecule has 0 atom stereocenters. The first-order chi connectivity index (χ1) is 9.87. The number of carbonyl (C=O) groups excluding carboxylic acids is 1. The number of anilines is 2. The summed E-state index contributed by atoms with van der Waals surface area (Å²) in [5.74, 6) is -0.239. The first-order valence-electron chi connectivity index (χ1n) is 5.89. The Labute approximate surface area is 127 Å². The van der Waals surface area contributed by atoms with E-state index in [1.54, 1.807) is 18.2 Å². The maximum Gasteiger partial charge on any atom is 0.263 e. The number of sulfonamides is 1. The van der Waals surface area contributed by atoms with Gasteiger partial charge in [-0.1, -0.05) is 17.7 Å². The lowest BCUT2D eigenvalue weighted by Gasteiger charge is -2.09. The van der Waals surface area contributed by atoms with Gasteiger partial charge in [-0.3, -0.25) is 9.52 Å². The van der Waals surface area contributed by atoms with Crippen LogP contribution < -0.4 is 10.0 Å². The van der Waals surface area contributed by atoms with Gasteiger partial charge in [-0.05, 0) is 30.3 Å². The molecule has 0 unspecified atom stereocenters. The molecular weight excluding hydrogens is 314 g/mol. The van der Waals surface area contributed by atoms with Gasteiger partial charge in [0.15, 0.2) is 0 Å². The van der Waals surface area contributed by atoms with Gasteiger partial charge >= 0.3 is 0 Å². The number of rotatable bonds is 4. The van der Waals surface area contributed by atoms with Crippen molar-refractivity contribution in [1.82, 2.24) is 4.98 Å². The van der Waals surface area contributed by atoms with Gasteiger partial charge in [-0.15, -0.1) is 0 Å². The predicted octanol–water partition coefficient (Wildman–Crippen LogP) is 2.49. The summed E-state index contributed by atoms with van der Waals surface area (Å²) >= 11 is 5.62. The number of amides is 1. The number of aromatic nitrogens is 1. The van der Waals surface area contributed by atoms with Gasteiger partial charge < -0.3 is 5.32 Å². The van der Waals surface area contributed by atoms with E-state index < -0.39 is 10.0 Å². The fraction of sp³-hybridized carbons (Fsp3) is 0.0769. The molecule has 0 aliphatic carbocycles. The Morgan fingerprint density at radius 2 is 1.90 bits per heavy atom. The van der Waals surface area contributed by atoms with Crippen molar-refractivity contribution < 1.29 is 13.2 Å². The van der Waals surface area contributed by atoms with E-state index in [0.717, 1.165) is 0 Å². The number of pyridine rings is 1. The van der Waals surface area contributed by atoms with Crippen molar-refractivity contribution in [2.24, 2.45) is 0 Å². The van der Waals surface area contributed by atoms with Gasteiger partial charge in [0.2, 0.25) is 5.91 Å². The van der Waals surface area contributed by atoms with Crippen molar-refractivity contribution in [1.29, 1.82) is 0 Å². The Hall–Kier alpha value is -2.12. The molecule has 2 N–H and O–H groups in total. The van der Waals surface area contributed by atoms with Crippen LogP contribution in [0.2, 0.25) is 5.15 Å². The fourth-order valence-corrected chi connectivity index (χ4v) is 2.70. The van der Waals surface area contributed by atoms with Crippen LogP contribution in [0.5, 0.6) is 0 Å². The summed E-state index contributed by atoms with van der Waals surface area (Å²) in [6.45, 7) is 1.37. The van der Waals surface area contributed by atoms with E-state index in [1.807, 2.05) is 0 Å². The molecule has 2 rings (SSSR count). The van der Waals surface area contributed by atoms with Crippen LogP contribution in [-0.2, 0) is 14.8 Å². The first kappa shape index (κ1) is 15.3. The second-order valence-corrected chi connectivity index (χ2v) is 6.25. The molecule has 1 aromatic heterocycles. The third-order valence-electron chi connectivity index (χ3n) is 2.45. The molecule has 1 aromatic carbocycles. The highest BCUT2D eigenvalue weighted by Crippen LogP contribution is 2.19. The van der Waals surface area contributed by atoms with Crippen molar-refractivity contribution in [3.8, 4) is 0 Å². The van der Waals surface area contributed by atoms with Gasteiger partial charge in [-0.25, -0.2) is 13.4 Å². The molecule has 2 aromatic rings. The predicted molar refractivity (Wildman–Crippen MR) is 80.8 cm³/mol. The highest BCUT2D eigenvalue weighted by atomic mass is 35.5. The summed E-state index contributed by atoms with van der Waals surface area (Å²) in [4.78, 5) is 14.7. The van der Waals surface area contributed by atoms with Crippen LogP contribution in [0.1, 0.15) is 6.92 Å². The molecule has 0 spiro atoms. The van der Waals surface area contributed by atoms with Crippen LogP contribution >= 0.6 is 11.6 Å². The van der Waals surface area contributed by atoms with Crippen LogP contribution in [0.3, 0.4) is 0 Å². The van der Waals surface area contributed by atoms with E-state index in [-0.39, 0.29) is 16.0 Å². The first-order valence-corrected chi connectivity index (χ1v) is 7.75. The van der Waals surface area contributed by atoms with Gasteiger partial charge in [0.05, 0.1) is 5.69 Å². The highest BCUT2D eigenvalue weighted by Gasteiger charge is 2.14. The van der Waals surface area contributed by atoms with E-state index in [0.29, 0.717) is 11.4 Å². The van der Waals surface area contributed by atoms with Crippen molar-refractivity contribution >= 4 is 38.9 Å². The van der Waals surface area contributed by atoms with Crippen LogP contribution in [0.4, 0.5) is 11.4 Å². The topological polar surface area (TPSA) is 88.2 Å². The third kappa shape index (κ3) is 4.17. The smallest absolute Gasteiger partial charge is 0.263 e. The fourth-order valence-electron chi connectivity index (χ4n) is 1.60. The van der Waals surface area contributed by atoms with E-state index in [2.05, 4.69) is 15.0 Å². The van der Waals surface area contributed by atoms with Gasteiger partial charge in [0, 0.05) is 18.8 Å². The molecule has 0 aliphatic rings. The van der Waals surface area contributed by atoms with Gasteiger partial charge in [-0.2, -0.15) is 0 Å².